The quantitative estimate of drug-likeness (QED) is 0.664. The second-order valence-electron chi connectivity index (χ2n) is 3.47. The van der Waals surface area contributed by atoms with E-state index < -0.39 is 7.66 Å². The van der Waals surface area contributed by atoms with E-state index in [1.54, 1.807) is 14.2 Å². The molecule has 84 valence electrons. The zero-order chi connectivity index (χ0) is 10.1. The van der Waals surface area contributed by atoms with Crippen LogP contribution < -0.4 is 0 Å². The number of hydrogen-bond donors (Lipinski definition) is 0. The molecule has 0 aromatic heterocycles. The molecule has 0 aromatic carbocycles. The van der Waals surface area contributed by atoms with Crippen LogP contribution in [0.4, 0.5) is 0 Å². The summed E-state index contributed by atoms with van der Waals surface area (Å²) in [6.45, 7) is 3.16. The van der Waals surface area contributed by atoms with Gasteiger partial charge in [0.25, 0.3) is 0 Å². The van der Waals surface area contributed by atoms with Gasteiger partial charge in [-0.05, 0) is 0 Å². The summed E-state index contributed by atoms with van der Waals surface area (Å²) < 4.78 is 24.6. The molecule has 2 saturated heterocycles. The fourth-order valence-corrected chi connectivity index (χ4v) is 5.32. The molecule has 14 heavy (non-hydrogen) atoms. The van der Waals surface area contributed by atoms with Crippen molar-refractivity contribution >= 4 is 7.66 Å². The SMILES string of the molecule is COP12(OC)OCCCN1CCCO2. The standard InChI is InChI=1S/C8H18NO4P/c1-10-14(11-2)9(5-3-7-12-14)6-4-8-13-14/h3-8H2,1-2H3. The molecule has 2 aliphatic rings. The monoisotopic (exact) mass is 223 g/mol. The first-order valence-corrected chi connectivity index (χ1v) is 6.82. The Kier molecular flexibility index (Phi) is 2.81. The second kappa shape index (κ2) is 3.67. The summed E-state index contributed by atoms with van der Waals surface area (Å²) in [6.07, 6.45) is 2.02. The van der Waals surface area contributed by atoms with Crippen molar-refractivity contribution in [3.8, 4) is 0 Å². The van der Waals surface area contributed by atoms with Crippen molar-refractivity contribution in [2.24, 2.45) is 0 Å². The molecular formula is C8H18NO4P. The third kappa shape index (κ3) is 1.32. The van der Waals surface area contributed by atoms with Gasteiger partial charge in [-0.15, -0.1) is 0 Å². The molecule has 2 heterocycles. The molecule has 6 heteroatoms. The first-order chi connectivity index (χ1) is 6.75. The van der Waals surface area contributed by atoms with Crippen LogP contribution in [-0.2, 0) is 18.1 Å². The van der Waals surface area contributed by atoms with Crippen LogP contribution in [0.5, 0.6) is 0 Å². The minimum absolute atomic E-state index is 0.649. The molecule has 0 unspecified atom stereocenters. The van der Waals surface area contributed by atoms with Crippen LogP contribution in [0.1, 0.15) is 12.8 Å². The van der Waals surface area contributed by atoms with Crippen molar-refractivity contribution in [1.82, 2.24) is 4.67 Å². The van der Waals surface area contributed by atoms with Crippen molar-refractivity contribution in [1.29, 1.82) is 0 Å². The molecule has 2 fully saturated rings. The number of nitrogens with zero attached hydrogens (tertiary/aromatic N) is 1. The van der Waals surface area contributed by atoms with Gasteiger partial charge < -0.3 is 0 Å². The van der Waals surface area contributed by atoms with Gasteiger partial charge in [-0.1, -0.05) is 0 Å². The maximum absolute atomic E-state index is 5.75. The third-order valence-electron chi connectivity index (χ3n) is 2.81. The summed E-state index contributed by atoms with van der Waals surface area (Å²) >= 11 is 0. The van der Waals surface area contributed by atoms with E-state index in [9.17, 15) is 0 Å². The van der Waals surface area contributed by atoms with Crippen molar-refractivity contribution in [3.05, 3.63) is 0 Å². The van der Waals surface area contributed by atoms with Crippen molar-refractivity contribution < 1.29 is 18.1 Å². The van der Waals surface area contributed by atoms with Crippen LogP contribution in [0.15, 0.2) is 0 Å². The Bertz CT molecular complexity index is 205. The molecule has 0 atom stereocenters. The van der Waals surface area contributed by atoms with Crippen LogP contribution in [0.2, 0.25) is 0 Å². The predicted molar refractivity (Wildman–Crippen MR) is 53.6 cm³/mol. The molecule has 0 N–H and O–H groups in total. The van der Waals surface area contributed by atoms with Gasteiger partial charge >= 0.3 is 83.8 Å². The van der Waals surface area contributed by atoms with Crippen molar-refractivity contribution in [3.63, 3.8) is 0 Å². The summed E-state index contributed by atoms with van der Waals surface area (Å²) in [4.78, 5) is 0. The van der Waals surface area contributed by atoms with Gasteiger partial charge in [0, 0.05) is 0 Å². The number of hydrogen-bond acceptors (Lipinski definition) is 5. The van der Waals surface area contributed by atoms with E-state index in [1.807, 2.05) is 0 Å². The van der Waals surface area contributed by atoms with E-state index in [2.05, 4.69) is 4.67 Å². The molecule has 2 aliphatic heterocycles. The summed E-state index contributed by atoms with van der Waals surface area (Å²) in [7, 11) is -0.134. The van der Waals surface area contributed by atoms with Crippen LogP contribution in [0.3, 0.4) is 0 Å². The Labute approximate surface area is 84.6 Å². The first kappa shape index (κ1) is 10.7. The van der Waals surface area contributed by atoms with E-state index in [0.29, 0.717) is 13.2 Å². The molecule has 5 nitrogen and oxygen atoms in total. The topological polar surface area (TPSA) is 40.2 Å². The molecule has 0 spiro atoms. The molecule has 0 saturated carbocycles. The van der Waals surface area contributed by atoms with Crippen molar-refractivity contribution in [2.45, 2.75) is 12.8 Å². The zero-order valence-electron chi connectivity index (χ0n) is 8.77. The van der Waals surface area contributed by atoms with Gasteiger partial charge in [0.05, 0.1) is 0 Å². The molecule has 0 radical (unpaired) electrons. The number of rotatable bonds is 2. The Morgan fingerprint density at radius 3 is 1.86 bits per heavy atom. The van der Waals surface area contributed by atoms with Gasteiger partial charge in [-0.3, -0.25) is 0 Å². The van der Waals surface area contributed by atoms with Gasteiger partial charge in [0.1, 0.15) is 0 Å². The van der Waals surface area contributed by atoms with Gasteiger partial charge in [0.2, 0.25) is 0 Å². The maximum atomic E-state index is 5.75. The molecule has 2 rings (SSSR count). The van der Waals surface area contributed by atoms with Gasteiger partial charge in [0.15, 0.2) is 0 Å². The van der Waals surface area contributed by atoms with Crippen LogP contribution in [0.25, 0.3) is 0 Å². The van der Waals surface area contributed by atoms with E-state index in [4.69, 9.17) is 18.1 Å². The van der Waals surface area contributed by atoms with Crippen LogP contribution in [-0.4, -0.2) is 45.2 Å². The normalized spacial score (nSPS) is 34.0. The average Bonchev–Trinajstić information content (AvgIpc) is 2.29. The van der Waals surface area contributed by atoms with Crippen LogP contribution >= 0.6 is 7.66 Å². The second-order valence-corrected chi connectivity index (χ2v) is 6.83. The van der Waals surface area contributed by atoms with Gasteiger partial charge in [-0.2, -0.15) is 0 Å². The van der Waals surface area contributed by atoms with E-state index in [1.165, 1.54) is 0 Å². The molecular weight excluding hydrogens is 205 g/mol. The fourth-order valence-electron chi connectivity index (χ4n) is 2.08. The fraction of sp³-hybridized carbons (Fsp3) is 1.00. The van der Waals surface area contributed by atoms with E-state index in [-0.39, 0.29) is 0 Å². The zero-order valence-corrected chi connectivity index (χ0v) is 9.66. The Morgan fingerprint density at radius 2 is 1.50 bits per heavy atom. The summed E-state index contributed by atoms with van der Waals surface area (Å²) in [5.74, 6) is 0. The molecule has 0 aliphatic carbocycles. The summed E-state index contributed by atoms with van der Waals surface area (Å²) in [6, 6.07) is 0. The Hall–Kier alpha value is 0.230. The minimum atomic E-state index is -3.34. The molecule has 0 aromatic rings. The van der Waals surface area contributed by atoms with Crippen molar-refractivity contribution in [2.75, 3.05) is 40.5 Å². The summed E-state index contributed by atoms with van der Waals surface area (Å²) in [5, 5.41) is 0. The summed E-state index contributed by atoms with van der Waals surface area (Å²) in [5.41, 5.74) is 0. The van der Waals surface area contributed by atoms with Gasteiger partial charge in [-0.25, -0.2) is 0 Å². The average molecular weight is 223 g/mol. The number of fused-ring (bicyclic) bond motifs is 1. The van der Waals surface area contributed by atoms with E-state index >= 15 is 0 Å². The third-order valence-corrected chi connectivity index (χ3v) is 6.58. The molecule has 0 bridgehead atoms. The Morgan fingerprint density at radius 1 is 1.00 bits per heavy atom. The Balaban J connectivity index is 2.31. The van der Waals surface area contributed by atoms with E-state index in [0.717, 1.165) is 25.9 Å². The molecule has 0 amide bonds. The van der Waals surface area contributed by atoms with Crippen LogP contribution in [0, 0.1) is 0 Å². The predicted octanol–water partition coefficient (Wildman–Crippen LogP) is 1.55. The first-order valence-electron chi connectivity index (χ1n) is 4.96.